The molecule has 0 fully saturated rings. The summed E-state index contributed by atoms with van der Waals surface area (Å²) in [7, 11) is 0. The number of fused-ring (bicyclic) bond motifs is 1. The van der Waals surface area contributed by atoms with Crippen LogP contribution in [-0.4, -0.2) is 33.1 Å². The van der Waals surface area contributed by atoms with Crippen molar-refractivity contribution in [3.63, 3.8) is 0 Å². The summed E-state index contributed by atoms with van der Waals surface area (Å²) in [5, 5.41) is 0.513. The number of nitrogen functional groups attached to an aromatic ring is 2. The van der Waals surface area contributed by atoms with Gasteiger partial charge in [0.15, 0.2) is 5.75 Å². The van der Waals surface area contributed by atoms with E-state index in [0.29, 0.717) is 29.0 Å². The first-order valence-electron chi connectivity index (χ1n) is 11.6. The van der Waals surface area contributed by atoms with Crippen LogP contribution in [0.1, 0.15) is 34.7 Å². The second kappa shape index (κ2) is 8.34. The normalized spacial score (nSPS) is 17.0. The minimum absolute atomic E-state index is 0.00821. The molecule has 12 heteroatoms. The summed E-state index contributed by atoms with van der Waals surface area (Å²) in [6, 6.07) is 2.62. The lowest BCUT2D eigenvalue weighted by molar-refractivity contribution is -0.137. The maximum absolute atomic E-state index is 14.1. The third kappa shape index (κ3) is 3.67. The van der Waals surface area contributed by atoms with E-state index in [0.717, 1.165) is 24.0 Å². The minimum atomic E-state index is -4.67. The van der Waals surface area contributed by atoms with Crippen LogP contribution in [0.25, 0.3) is 22.2 Å². The van der Waals surface area contributed by atoms with Gasteiger partial charge in [0.05, 0.1) is 51.7 Å². The maximum atomic E-state index is 14.1. The number of pyridine rings is 2. The third-order valence-corrected chi connectivity index (χ3v) is 7.33. The number of benzene rings is 1. The number of halogens is 4. The molecule has 1 aliphatic carbocycles. The van der Waals surface area contributed by atoms with Crippen molar-refractivity contribution in [2.24, 2.45) is 0 Å². The third-order valence-electron chi connectivity index (χ3n) is 6.95. The fourth-order valence-corrected chi connectivity index (χ4v) is 5.73. The van der Waals surface area contributed by atoms with Gasteiger partial charge in [0.1, 0.15) is 24.6 Å². The molecule has 1 unspecified atom stereocenters. The van der Waals surface area contributed by atoms with Crippen LogP contribution in [0.15, 0.2) is 30.9 Å². The zero-order valence-electron chi connectivity index (χ0n) is 19.6. The molecule has 8 nitrogen and oxygen atoms in total. The van der Waals surface area contributed by atoms with Crippen molar-refractivity contribution in [3.05, 3.63) is 58.1 Å². The van der Waals surface area contributed by atoms with Gasteiger partial charge in [-0.05, 0) is 48.6 Å². The van der Waals surface area contributed by atoms with E-state index < -0.39 is 11.7 Å². The van der Waals surface area contributed by atoms with Gasteiger partial charge in [0.25, 0.3) is 0 Å². The first-order valence-corrected chi connectivity index (χ1v) is 12.0. The predicted octanol–water partition coefficient (Wildman–Crippen LogP) is 5.12. The van der Waals surface area contributed by atoms with Gasteiger partial charge in [0, 0.05) is 11.8 Å². The highest BCUT2D eigenvalue weighted by atomic mass is 35.5. The van der Waals surface area contributed by atoms with Gasteiger partial charge in [-0.1, -0.05) is 11.6 Å². The highest BCUT2D eigenvalue weighted by molar-refractivity contribution is 6.36. The smallest absolute Gasteiger partial charge is 0.418 e. The number of ether oxygens (including phenoxy) is 1. The number of aromatic nitrogens is 4. The van der Waals surface area contributed by atoms with Crippen LogP contribution in [0.5, 0.6) is 5.75 Å². The Morgan fingerprint density at radius 3 is 2.76 bits per heavy atom. The topological polar surface area (TPSA) is 116 Å². The summed E-state index contributed by atoms with van der Waals surface area (Å²) < 4.78 is 48.3. The van der Waals surface area contributed by atoms with E-state index in [-0.39, 0.29) is 46.1 Å². The molecule has 37 heavy (non-hydrogen) atoms. The van der Waals surface area contributed by atoms with Crippen LogP contribution in [0, 0.1) is 6.92 Å². The lowest BCUT2D eigenvalue weighted by Crippen LogP contribution is -2.31. The fourth-order valence-electron chi connectivity index (χ4n) is 5.44. The van der Waals surface area contributed by atoms with Crippen molar-refractivity contribution in [3.8, 4) is 17.0 Å². The van der Waals surface area contributed by atoms with Gasteiger partial charge in [-0.3, -0.25) is 4.98 Å². The van der Waals surface area contributed by atoms with Gasteiger partial charge in [-0.2, -0.15) is 13.2 Å². The number of anilines is 3. The van der Waals surface area contributed by atoms with Crippen LogP contribution in [0.4, 0.5) is 30.5 Å². The number of nitrogens with two attached hydrogens (primary N) is 2. The Balaban J connectivity index is 1.57. The lowest BCUT2D eigenvalue weighted by atomic mass is 9.99. The molecule has 0 bridgehead atoms. The van der Waals surface area contributed by atoms with Gasteiger partial charge in [-0.15, -0.1) is 0 Å². The van der Waals surface area contributed by atoms with E-state index in [1.807, 2.05) is 6.20 Å². The average molecular weight is 528 g/mol. The SMILES string of the molecule is Cc1cc(N)nc(-c2cc3ncnc4c3c(c2Cl)OCCN4C2CCc3c(N)cncc32)c1C(F)(F)F. The Labute approximate surface area is 214 Å². The molecule has 4 N–H and O–H groups in total. The first-order chi connectivity index (χ1) is 17.6. The molecule has 0 saturated carbocycles. The summed E-state index contributed by atoms with van der Waals surface area (Å²) in [6.45, 7) is 2.03. The number of rotatable bonds is 2. The summed E-state index contributed by atoms with van der Waals surface area (Å²) in [4.78, 5) is 19.3. The van der Waals surface area contributed by atoms with E-state index in [1.165, 1.54) is 25.4 Å². The minimum Gasteiger partial charge on any atom is -0.489 e. The predicted molar refractivity (Wildman–Crippen MR) is 134 cm³/mol. The molecule has 190 valence electrons. The molecule has 0 amide bonds. The Hall–Kier alpha value is -3.86. The van der Waals surface area contributed by atoms with E-state index >= 15 is 0 Å². The molecule has 2 aliphatic rings. The number of aryl methyl sites for hydroxylation is 1. The molecule has 4 aromatic rings. The van der Waals surface area contributed by atoms with Crippen LogP contribution in [-0.2, 0) is 12.6 Å². The van der Waals surface area contributed by atoms with Crippen LogP contribution >= 0.6 is 11.6 Å². The largest absolute Gasteiger partial charge is 0.489 e. The molecule has 1 atom stereocenters. The number of hydrogen-bond donors (Lipinski definition) is 2. The number of hydrogen-bond acceptors (Lipinski definition) is 8. The Bertz CT molecular complexity index is 1580. The monoisotopic (exact) mass is 527 g/mol. The Kier molecular flexibility index (Phi) is 5.30. The molecule has 4 heterocycles. The zero-order chi connectivity index (χ0) is 26.1. The number of alkyl halides is 3. The second-order valence-electron chi connectivity index (χ2n) is 9.14. The molecular formula is C25H21ClF3N7O. The molecule has 1 aromatic carbocycles. The standard InChI is InChI=1S/C25H21ClF3N7O/c1-11-6-18(31)35-22(20(11)25(27,28)29)13-7-16-19-23(21(13)26)37-5-4-36(24(19)34-10-33-16)17-3-2-12-14(17)8-32-9-15(12)30/h6-10,17H,2-5,30H2,1H3,(H2,31,35). The first kappa shape index (κ1) is 23.5. The Morgan fingerprint density at radius 1 is 1.16 bits per heavy atom. The zero-order valence-corrected chi connectivity index (χ0v) is 20.4. The molecule has 0 saturated heterocycles. The molecule has 3 aromatic heterocycles. The molecular weight excluding hydrogens is 507 g/mol. The van der Waals surface area contributed by atoms with Crippen LogP contribution in [0.2, 0.25) is 5.02 Å². The average Bonchev–Trinajstić information content (AvgIpc) is 3.16. The van der Waals surface area contributed by atoms with Gasteiger partial charge >= 0.3 is 6.18 Å². The molecule has 0 radical (unpaired) electrons. The Morgan fingerprint density at radius 2 is 1.97 bits per heavy atom. The summed E-state index contributed by atoms with van der Waals surface area (Å²) in [5.41, 5.74) is 13.8. The van der Waals surface area contributed by atoms with E-state index in [1.54, 1.807) is 6.20 Å². The van der Waals surface area contributed by atoms with Gasteiger partial charge < -0.3 is 21.1 Å². The van der Waals surface area contributed by atoms with Gasteiger partial charge in [-0.25, -0.2) is 15.0 Å². The summed E-state index contributed by atoms with van der Waals surface area (Å²) in [6.07, 6.45) is 1.78. The second-order valence-corrected chi connectivity index (χ2v) is 9.51. The molecule has 0 spiro atoms. The van der Waals surface area contributed by atoms with Gasteiger partial charge in [0.2, 0.25) is 0 Å². The van der Waals surface area contributed by atoms with Crippen molar-refractivity contribution in [2.75, 3.05) is 29.5 Å². The number of nitrogens with zero attached hydrogens (tertiary/aromatic N) is 5. The maximum Gasteiger partial charge on any atom is 0.418 e. The lowest BCUT2D eigenvalue weighted by Gasteiger charge is -2.29. The van der Waals surface area contributed by atoms with Crippen molar-refractivity contribution in [1.82, 2.24) is 19.9 Å². The van der Waals surface area contributed by atoms with Crippen LogP contribution < -0.4 is 21.1 Å². The van der Waals surface area contributed by atoms with Crippen LogP contribution in [0.3, 0.4) is 0 Å². The summed E-state index contributed by atoms with van der Waals surface area (Å²) >= 11 is 6.76. The van der Waals surface area contributed by atoms with Crippen molar-refractivity contribution < 1.29 is 17.9 Å². The fraction of sp³-hybridized carbons (Fsp3) is 0.280. The highest BCUT2D eigenvalue weighted by Crippen LogP contribution is 2.49. The highest BCUT2D eigenvalue weighted by Gasteiger charge is 2.39. The van der Waals surface area contributed by atoms with E-state index in [9.17, 15) is 13.2 Å². The molecule has 1 aliphatic heterocycles. The molecule has 6 rings (SSSR count). The van der Waals surface area contributed by atoms with Crippen molar-refractivity contribution in [2.45, 2.75) is 32.0 Å². The van der Waals surface area contributed by atoms with E-state index in [2.05, 4.69) is 24.8 Å². The van der Waals surface area contributed by atoms with Crippen molar-refractivity contribution in [1.29, 1.82) is 0 Å². The van der Waals surface area contributed by atoms with E-state index in [4.69, 9.17) is 27.8 Å². The van der Waals surface area contributed by atoms with Crippen molar-refractivity contribution >= 4 is 39.8 Å². The summed E-state index contributed by atoms with van der Waals surface area (Å²) in [5.74, 6) is 0.746. The quantitative estimate of drug-likeness (QED) is 0.369.